The van der Waals surface area contributed by atoms with Crippen molar-refractivity contribution in [3.63, 3.8) is 0 Å². The van der Waals surface area contributed by atoms with E-state index in [1.165, 1.54) is 28.6 Å². The molecule has 2 aromatic carbocycles. The normalized spacial score (nSPS) is 20.0. The first-order chi connectivity index (χ1) is 17.9. The van der Waals surface area contributed by atoms with Crippen LogP contribution in [0.15, 0.2) is 60.0 Å². The fourth-order valence-corrected chi connectivity index (χ4v) is 6.22. The highest BCUT2D eigenvalue weighted by molar-refractivity contribution is 7.10. The molecule has 0 aliphatic carbocycles. The Morgan fingerprint density at radius 3 is 2.57 bits per heavy atom. The summed E-state index contributed by atoms with van der Waals surface area (Å²) in [7, 11) is 0. The lowest BCUT2D eigenvalue weighted by Crippen LogP contribution is -2.56. The molecule has 1 aromatic heterocycles. The molecule has 0 spiro atoms. The van der Waals surface area contributed by atoms with Crippen LogP contribution in [0, 0.1) is 11.6 Å². The molecule has 9 heteroatoms. The summed E-state index contributed by atoms with van der Waals surface area (Å²) in [4.78, 5) is 33.0. The number of piperazine rings is 1. The van der Waals surface area contributed by atoms with Gasteiger partial charge in [-0.3, -0.25) is 9.69 Å². The zero-order chi connectivity index (χ0) is 25.9. The van der Waals surface area contributed by atoms with Crippen LogP contribution in [0.2, 0.25) is 0 Å². The number of hydrogen-bond donors (Lipinski definition) is 1. The van der Waals surface area contributed by atoms with Gasteiger partial charge in [-0.2, -0.15) is 0 Å². The third-order valence-electron chi connectivity index (χ3n) is 7.16. The molecule has 1 saturated heterocycles. The number of nitrogens with one attached hydrogen (secondary N) is 1. The largest absolute Gasteiger partial charge is 0.339 e. The van der Waals surface area contributed by atoms with E-state index in [9.17, 15) is 18.4 Å². The summed E-state index contributed by atoms with van der Waals surface area (Å²) in [6, 6.07) is 14.1. The summed E-state index contributed by atoms with van der Waals surface area (Å²) in [5.41, 5.74) is 2.50. The van der Waals surface area contributed by atoms with Crippen molar-refractivity contribution >= 4 is 29.0 Å². The van der Waals surface area contributed by atoms with Crippen molar-refractivity contribution < 1.29 is 18.4 Å². The number of halogens is 2. The molecule has 3 aromatic rings. The van der Waals surface area contributed by atoms with Crippen molar-refractivity contribution in [3.05, 3.63) is 87.6 Å². The monoisotopic (exact) mass is 524 g/mol. The molecule has 3 heterocycles. The lowest BCUT2D eigenvalue weighted by molar-refractivity contribution is -0.134. The van der Waals surface area contributed by atoms with Crippen molar-refractivity contribution in [1.82, 2.24) is 14.7 Å². The lowest BCUT2D eigenvalue weighted by atomic mass is 9.93. The van der Waals surface area contributed by atoms with Crippen LogP contribution in [-0.4, -0.2) is 65.4 Å². The van der Waals surface area contributed by atoms with Crippen LogP contribution in [0.3, 0.4) is 0 Å². The fourth-order valence-electron chi connectivity index (χ4n) is 5.32. The van der Waals surface area contributed by atoms with Gasteiger partial charge in [0.25, 0.3) is 0 Å². The smallest absolute Gasteiger partial charge is 0.322 e. The second-order valence-corrected chi connectivity index (χ2v) is 10.6. The first-order valence-electron chi connectivity index (χ1n) is 12.6. The molecule has 194 valence electrons. The maximum Gasteiger partial charge on any atom is 0.322 e. The van der Waals surface area contributed by atoms with E-state index in [1.54, 1.807) is 40.5 Å². The number of fused-ring (bicyclic) bond motifs is 1. The number of carbonyl (C=O) groups excluding carboxylic acids is 2. The number of benzene rings is 2. The predicted octanol–water partition coefficient (Wildman–Crippen LogP) is 5.13. The molecular formula is C28H30F2N4O2S. The van der Waals surface area contributed by atoms with Crippen molar-refractivity contribution in [2.24, 2.45) is 0 Å². The van der Waals surface area contributed by atoms with Gasteiger partial charge in [-0.25, -0.2) is 13.6 Å². The lowest BCUT2D eigenvalue weighted by Gasteiger charge is -2.40. The molecule has 2 atom stereocenters. The van der Waals surface area contributed by atoms with Gasteiger partial charge in [-0.1, -0.05) is 18.2 Å². The van der Waals surface area contributed by atoms with E-state index in [0.29, 0.717) is 38.3 Å². The van der Waals surface area contributed by atoms with Gasteiger partial charge >= 0.3 is 6.03 Å². The standard InChI is InChI=1S/C28H30F2N4O2S/c1-19-18-33(13-14-34(19)28(36)31-23-7-3-6-22(30)17-23)26(35)9-12-32-11-8-25-24(10-15-37-25)27(32)20-4-2-5-21(29)16-20/h2-7,10,15-17,19,27H,8-9,11-14,18H2,1H3,(H,31,36). The molecule has 0 bridgehead atoms. The number of urea groups is 1. The van der Waals surface area contributed by atoms with Gasteiger partial charge in [0, 0.05) is 55.8 Å². The number of rotatable bonds is 5. The molecule has 2 aliphatic rings. The number of hydrogen-bond acceptors (Lipinski definition) is 4. The van der Waals surface area contributed by atoms with E-state index in [4.69, 9.17) is 0 Å². The first-order valence-corrected chi connectivity index (χ1v) is 13.4. The van der Waals surface area contributed by atoms with E-state index >= 15 is 0 Å². The second-order valence-electron chi connectivity index (χ2n) is 9.62. The van der Waals surface area contributed by atoms with Crippen LogP contribution < -0.4 is 5.32 Å². The average Bonchev–Trinajstić information content (AvgIpc) is 3.35. The molecule has 0 saturated carbocycles. The van der Waals surface area contributed by atoms with Crippen LogP contribution in [0.4, 0.5) is 19.3 Å². The Bertz CT molecular complexity index is 1280. The Hall–Kier alpha value is -3.30. The Kier molecular flexibility index (Phi) is 7.53. The van der Waals surface area contributed by atoms with E-state index in [-0.39, 0.29) is 29.8 Å². The average molecular weight is 525 g/mol. The minimum atomic E-state index is -0.412. The van der Waals surface area contributed by atoms with Gasteiger partial charge in [0.15, 0.2) is 0 Å². The molecule has 37 heavy (non-hydrogen) atoms. The maximum atomic E-state index is 14.0. The Balaban J connectivity index is 1.19. The van der Waals surface area contributed by atoms with E-state index in [2.05, 4.69) is 21.7 Å². The summed E-state index contributed by atoms with van der Waals surface area (Å²) in [6.45, 7) is 4.59. The summed E-state index contributed by atoms with van der Waals surface area (Å²) >= 11 is 1.73. The predicted molar refractivity (Wildman–Crippen MR) is 141 cm³/mol. The molecule has 6 nitrogen and oxygen atoms in total. The van der Waals surface area contributed by atoms with Gasteiger partial charge in [0.1, 0.15) is 11.6 Å². The highest BCUT2D eigenvalue weighted by Crippen LogP contribution is 2.38. The van der Waals surface area contributed by atoms with Crippen LogP contribution in [0.5, 0.6) is 0 Å². The SMILES string of the molecule is CC1CN(C(=O)CCN2CCc3sccc3C2c2cccc(F)c2)CCN1C(=O)Nc1cccc(F)c1. The minimum Gasteiger partial charge on any atom is -0.339 e. The number of carbonyl (C=O) groups is 2. The van der Waals surface area contributed by atoms with E-state index in [0.717, 1.165) is 18.5 Å². The fraction of sp³-hybridized carbons (Fsp3) is 0.357. The molecule has 3 amide bonds. The third kappa shape index (κ3) is 5.67. The molecule has 5 rings (SSSR count). The maximum absolute atomic E-state index is 14.0. The van der Waals surface area contributed by atoms with E-state index in [1.807, 2.05) is 17.9 Å². The van der Waals surface area contributed by atoms with Crippen molar-refractivity contribution in [2.75, 3.05) is 38.0 Å². The Labute approximate surface area is 219 Å². The molecule has 0 radical (unpaired) electrons. The number of nitrogens with zero attached hydrogens (tertiary/aromatic N) is 3. The highest BCUT2D eigenvalue weighted by Gasteiger charge is 2.32. The third-order valence-corrected chi connectivity index (χ3v) is 8.16. The molecule has 2 aliphatic heterocycles. The quantitative estimate of drug-likeness (QED) is 0.504. The summed E-state index contributed by atoms with van der Waals surface area (Å²) in [5, 5.41) is 4.82. The molecule has 1 N–H and O–H groups in total. The van der Waals surface area contributed by atoms with Gasteiger partial charge in [0.2, 0.25) is 5.91 Å². The van der Waals surface area contributed by atoms with Crippen LogP contribution in [0.1, 0.15) is 35.4 Å². The van der Waals surface area contributed by atoms with Gasteiger partial charge in [-0.15, -0.1) is 11.3 Å². The number of amides is 3. The summed E-state index contributed by atoms with van der Waals surface area (Å²) in [6.07, 6.45) is 1.27. The van der Waals surface area contributed by atoms with Gasteiger partial charge in [-0.05, 0) is 66.2 Å². The summed E-state index contributed by atoms with van der Waals surface area (Å²) < 4.78 is 27.5. The van der Waals surface area contributed by atoms with Crippen LogP contribution in [-0.2, 0) is 11.2 Å². The van der Waals surface area contributed by atoms with E-state index < -0.39 is 5.82 Å². The molecular weight excluding hydrogens is 494 g/mol. The summed E-state index contributed by atoms with van der Waals surface area (Å²) in [5.74, 6) is -0.625. The van der Waals surface area contributed by atoms with Crippen LogP contribution >= 0.6 is 11.3 Å². The molecule has 2 unspecified atom stereocenters. The molecule has 1 fully saturated rings. The van der Waals surface area contributed by atoms with Crippen molar-refractivity contribution in [1.29, 1.82) is 0 Å². The highest BCUT2D eigenvalue weighted by atomic mass is 32.1. The van der Waals surface area contributed by atoms with Crippen LogP contribution in [0.25, 0.3) is 0 Å². The zero-order valence-electron chi connectivity index (χ0n) is 20.7. The zero-order valence-corrected chi connectivity index (χ0v) is 21.5. The Morgan fingerprint density at radius 1 is 1.03 bits per heavy atom. The number of anilines is 1. The topological polar surface area (TPSA) is 55.9 Å². The second kappa shape index (κ2) is 11.0. The van der Waals surface area contributed by atoms with Crippen molar-refractivity contribution in [3.8, 4) is 0 Å². The minimum absolute atomic E-state index is 0.0474. The van der Waals surface area contributed by atoms with Gasteiger partial charge < -0.3 is 15.1 Å². The first kappa shape index (κ1) is 25.4. The van der Waals surface area contributed by atoms with Gasteiger partial charge in [0.05, 0.1) is 6.04 Å². The number of thiophene rings is 1. The van der Waals surface area contributed by atoms with Crippen molar-refractivity contribution in [2.45, 2.75) is 31.8 Å². The Morgan fingerprint density at radius 2 is 1.81 bits per heavy atom.